The van der Waals surface area contributed by atoms with Gasteiger partial charge in [0.05, 0.1) is 16.4 Å². The van der Waals surface area contributed by atoms with Crippen molar-refractivity contribution in [2.75, 3.05) is 13.1 Å². The first-order chi connectivity index (χ1) is 9.06. The Balaban J connectivity index is 2.56. The van der Waals surface area contributed by atoms with E-state index in [1.165, 1.54) is 11.3 Å². The topological polar surface area (TPSA) is 29.9 Å². The molecule has 0 amide bonds. The normalized spacial score (nSPS) is 12.4. The third-order valence-electron chi connectivity index (χ3n) is 2.93. The Hall–Kier alpha value is -0.610. The van der Waals surface area contributed by atoms with Gasteiger partial charge >= 0.3 is 0 Å². The second-order valence-electron chi connectivity index (χ2n) is 5.34. The van der Waals surface area contributed by atoms with E-state index in [1.54, 1.807) is 0 Å². The zero-order valence-corrected chi connectivity index (χ0v) is 14.1. The van der Waals surface area contributed by atoms with E-state index in [-0.39, 0.29) is 0 Å². The van der Waals surface area contributed by atoms with E-state index in [9.17, 15) is 0 Å². The van der Waals surface area contributed by atoms with Crippen molar-refractivity contribution in [1.29, 1.82) is 0 Å². The predicted molar refractivity (Wildman–Crippen MR) is 86.2 cm³/mol. The number of rotatable bonds is 8. The lowest BCUT2D eigenvalue weighted by atomic mass is 10.1. The van der Waals surface area contributed by atoms with E-state index in [4.69, 9.17) is 0 Å². The van der Waals surface area contributed by atoms with Gasteiger partial charge in [0.2, 0.25) is 0 Å². The first-order valence-corrected chi connectivity index (χ1v) is 7.94. The lowest BCUT2D eigenvalue weighted by molar-refractivity contribution is 0.556. The molecule has 0 atom stereocenters. The van der Waals surface area contributed by atoms with Crippen molar-refractivity contribution in [3.05, 3.63) is 22.4 Å². The molecule has 0 radical (unpaired) electrons. The van der Waals surface area contributed by atoms with Gasteiger partial charge in [0, 0.05) is 6.54 Å². The molecule has 0 fully saturated rings. The molecule has 1 rings (SSSR count). The van der Waals surface area contributed by atoms with Gasteiger partial charge in [-0.3, -0.25) is 4.68 Å². The maximum Gasteiger partial charge on any atom is 0.0778 e. The molecule has 0 aliphatic rings. The van der Waals surface area contributed by atoms with Crippen LogP contribution < -0.4 is 5.32 Å². The average Bonchev–Trinajstić information content (AvgIpc) is 2.70. The molecule has 1 heterocycles. The number of aromatic nitrogens is 2. The summed E-state index contributed by atoms with van der Waals surface area (Å²) >= 11 is 3.59. The van der Waals surface area contributed by atoms with E-state index >= 15 is 0 Å². The van der Waals surface area contributed by atoms with Gasteiger partial charge < -0.3 is 5.32 Å². The van der Waals surface area contributed by atoms with E-state index in [0.717, 1.165) is 36.9 Å². The van der Waals surface area contributed by atoms with Crippen LogP contribution in [0.15, 0.2) is 16.7 Å². The number of hydrogen-bond donors (Lipinski definition) is 1. The second kappa shape index (κ2) is 8.54. The highest BCUT2D eigenvalue weighted by Gasteiger charge is 2.09. The highest BCUT2D eigenvalue weighted by Crippen LogP contribution is 2.24. The van der Waals surface area contributed by atoms with Crippen LogP contribution in [-0.2, 0) is 6.54 Å². The van der Waals surface area contributed by atoms with Crippen molar-refractivity contribution in [3.63, 3.8) is 0 Å². The molecule has 0 saturated heterocycles. The van der Waals surface area contributed by atoms with Crippen molar-refractivity contribution < 1.29 is 0 Å². The van der Waals surface area contributed by atoms with E-state index in [2.05, 4.69) is 64.8 Å². The molecule has 4 heteroatoms. The first-order valence-electron chi connectivity index (χ1n) is 7.15. The monoisotopic (exact) mass is 327 g/mol. The van der Waals surface area contributed by atoms with Crippen molar-refractivity contribution in [1.82, 2.24) is 15.1 Å². The van der Waals surface area contributed by atoms with Gasteiger partial charge in [-0.25, -0.2) is 0 Å². The number of halogens is 1. The van der Waals surface area contributed by atoms with E-state index in [1.807, 2.05) is 6.20 Å². The smallest absolute Gasteiger partial charge is 0.0778 e. The number of aryl methyl sites for hydroxylation is 1. The summed E-state index contributed by atoms with van der Waals surface area (Å²) in [5, 5.41) is 7.87. The van der Waals surface area contributed by atoms with Crippen LogP contribution in [0.3, 0.4) is 0 Å². The van der Waals surface area contributed by atoms with Gasteiger partial charge in [0.1, 0.15) is 0 Å². The molecule has 0 spiro atoms. The van der Waals surface area contributed by atoms with Crippen LogP contribution in [-0.4, -0.2) is 22.9 Å². The minimum absolute atomic E-state index is 0.713. The van der Waals surface area contributed by atoms with Crippen LogP contribution in [0.2, 0.25) is 0 Å². The molecule has 1 aromatic rings. The van der Waals surface area contributed by atoms with E-state index < -0.39 is 0 Å². The first kappa shape index (κ1) is 16.4. The van der Waals surface area contributed by atoms with Gasteiger partial charge in [-0.05, 0) is 60.3 Å². The van der Waals surface area contributed by atoms with Crippen molar-refractivity contribution >= 4 is 21.5 Å². The predicted octanol–water partition coefficient (Wildman–Crippen LogP) is 4.09. The molecule has 0 unspecified atom stereocenters. The third kappa shape index (κ3) is 5.49. The fourth-order valence-electron chi connectivity index (χ4n) is 2.01. The summed E-state index contributed by atoms with van der Waals surface area (Å²) in [7, 11) is 0. The van der Waals surface area contributed by atoms with Gasteiger partial charge in [0.25, 0.3) is 0 Å². The number of allylic oxidation sites excluding steroid dienone is 1. The summed E-state index contributed by atoms with van der Waals surface area (Å²) in [5.74, 6) is 0.713. The van der Waals surface area contributed by atoms with Crippen LogP contribution in [0.1, 0.15) is 46.2 Å². The third-order valence-corrected chi connectivity index (χ3v) is 3.51. The number of nitrogens with zero attached hydrogens (tertiary/aromatic N) is 2. The second-order valence-corrected chi connectivity index (χ2v) is 6.19. The van der Waals surface area contributed by atoms with Crippen LogP contribution in [0, 0.1) is 5.92 Å². The summed E-state index contributed by atoms with van der Waals surface area (Å²) < 4.78 is 3.17. The van der Waals surface area contributed by atoms with Gasteiger partial charge in [-0.2, -0.15) is 5.10 Å². The Kier molecular flexibility index (Phi) is 7.39. The molecule has 0 aliphatic carbocycles. The Morgan fingerprint density at radius 3 is 2.89 bits per heavy atom. The average molecular weight is 328 g/mol. The fraction of sp³-hybridized carbons (Fsp3) is 0.667. The minimum Gasteiger partial charge on any atom is -0.316 e. The lowest BCUT2D eigenvalue weighted by Crippen LogP contribution is -2.20. The van der Waals surface area contributed by atoms with Gasteiger partial charge in [-0.15, -0.1) is 0 Å². The van der Waals surface area contributed by atoms with Crippen molar-refractivity contribution in [2.45, 2.75) is 47.1 Å². The number of hydrogen-bond acceptors (Lipinski definition) is 2. The SMILES string of the molecule is CCCn1ncc(Br)c1C(C)=CCCNCC(C)C. The Bertz CT molecular complexity index is 408. The molecule has 0 bridgehead atoms. The zero-order chi connectivity index (χ0) is 14.3. The van der Waals surface area contributed by atoms with Crippen LogP contribution >= 0.6 is 15.9 Å². The molecular weight excluding hydrogens is 302 g/mol. The summed E-state index contributed by atoms with van der Waals surface area (Å²) in [5.41, 5.74) is 2.51. The largest absolute Gasteiger partial charge is 0.316 e. The van der Waals surface area contributed by atoms with Crippen molar-refractivity contribution in [3.8, 4) is 0 Å². The molecule has 108 valence electrons. The lowest BCUT2D eigenvalue weighted by Gasteiger charge is -2.08. The standard InChI is InChI=1S/C15H26BrN3/c1-5-9-19-15(14(16)11-18-19)13(4)7-6-8-17-10-12(2)3/h7,11-12,17H,5-6,8-10H2,1-4H3. The quantitative estimate of drug-likeness (QED) is 0.728. The fourth-order valence-corrected chi connectivity index (χ4v) is 2.62. The molecule has 0 aliphatic heterocycles. The maximum absolute atomic E-state index is 4.41. The summed E-state index contributed by atoms with van der Waals surface area (Å²) in [6, 6.07) is 0. The number of nitrogens with one attached hydrogen (secondary N) is 1. The van der Waals surface area contributed by atoms with Gasteiger partial charge in [0.15, 0.2) is 0 Å². The molecule has 19 heavy (non-hydrogen) atoms. The summed E-state index contributed by atoms with van der Waals surface area (Å²) in [6.07, 6.45) is 6.34. The van der Waals surface area contributed by atoms with Crippen LogP contribution in [0.5, 0.6) is 0 Å². The maximum atomic E-state index is 4.41. The Morgan fingerprint density at radius 2 is 2.26 bits per heavy atom. The molecular formula is C15H26BrN3. The van der Waals surface area contributed by atoms with Crippen LogP contribution in [0.25, 0.3) is 5.57 Å². The van der Waals surface area contributed by atoms with Crippen molar-refractivity contribution in [2.24, 2.45) is 5.92 Å². The molecule has 0 aromatic carbocycles. The minimum atomic E-state index is 0.713. The van der Waals surface area contributed by atoms with Gasteiger partial charge in [-0.1, -0.05) is 26.8 Å². The van der Waals surface area contributed by atoms with Crippen LogP contribution in [0.4, 0.5) is 0 Å². The molecule has 1 aromatic heterocycles. The van der Waals surface area contributed by atoms with E-state index in [0.29, 0.717) is 5.92 Å². The Labute approximate surface area is 125 Å². The summed E-state index contributed by atoms with van der Waals surface area (Å²) in [6.45, 7) is 11.9. The molecule has 0 saturated carbocycles. The zero-order valence-electron chi connectivity index (χ0n) is 12.5. The molecule has 3 nitrogen and oxygen atoms in total. The highest BCUT2D eigenvalue weighted by molar-refractivity contribution is 9.10. The summed E-state index contributed by atoms with van der Waals surface area (Å²) in [4.78, 5) is 0. The Morgan fingerprint density at radius 1 is 1.53 bits per heavy atom. The highest BCUT2D eigenvalue weighted by atomic mass is 79.9. The molecule has 1 N–H and O–H groups in total.